The largest absolute Gasteiger partial charge is 0.497 e. The third-order valence-electron chi connectivity index (χ3n) is 6.65. The molecular formula is C22H32N4OSi. The lowest BCUT2D eigenvalue weighted by Crippen LogP contribution is -2.53. The van der Waals surface area contributed by atoms with Crippen LogP contribution in [0.15, 0.2) is 42.9 Å². The lowest BCUT2D eigenvalue weighted by Gasteiger charge is -2.40. The molecule has 0 saturated carbocycles. The fraction of sp³-hybridized carbons (Fsp3) is 0.545. The molecule has 2 aliphatic rings. The third kappa shape index (κ3) is 4.38. The molecule has 28 heavy (non-hydrogen) atoms. The Morgan fingerprint density at radius 1 is 1.04 bits per heavy atom. The van der Waals surface area contributed by atoms with E-state index in [0.29, 0.717) is 0 Å². The van der Waals surface area contributed by atoms with Crippen LogP contribution in [0.2, 0.25) is 18.1 Å². The van der Waals surface area contributed by atoms with Crippen LogP contribution in [0.1, 0.15) is 19.3 Å². The van der Waals surface area contributed by atoms with Crippen molar-refractivity contribution in [1.29, 1.82) is 0 Å². The van der Waals surface area contributed by atoms with Crippen molar-refractivity contribution in [2.75, 3.05) is 44.7 Å². The molecule has 2 aliphatic heterocycles. The van der Waals surface area contributed by atoms with Crippen LogP contribution in [0.3, 0.4) is 0 Å². The van der Waals surface area contributed by atoms with Gasteiger partial charge < -0.3 is 14.5 Å². The molecule has 0 bridgehead atoms. The summed E-state index contributed by atoms with van der Waals surface area (Å²) in [5, 5.41) is 1.62. The van der Waals surface area contributed by atoms with E-state index in [2.05, 4.69) is 44.0 Å². The monoisotopic (exact) mass is 396 g/mol. The van der Waals surface area contributed by atoms with Crippen LogP contribution >= 0.6 is 0 Å². The molecule has 4 rings (SSSR count). The Labute approximate surface area is 169 Å². The van der Waals surface area contributed by atoms with Gasteiger partial charge in [-0.15, -0.1) is 0 Å². The molecular weight excluding hydrogens is 364 g/mol. The van der Waals surface area contributed by atoms with E-state index in [9.17, 15) is 0 Å². The summed E-state index contributed by atoms with van der Waals surface area (Å²) in [7, 11) is 0.354. The second-order valence-electron chi connectivity index (χ2n) is 8.22. The van der Waals surface area contributed by atoms with Crippen molar-refractivity contribution < 1.29 is 4.74 Å². The van der Waals surface area contributed by atoms with Gasteiger partial charge in [0.05, 0.1) is 21.4 Å². The lowest BCUT2D eigenvalue weighted by atomic mass is 10.3. The Kier molecular flexibility index (Phi) is 6.27. The molecule has 0 spiro atoms. The van der Waals surface area contributed by atoms with Gasteiger partial charge in [0.1, 0.15) is 11.6 Å². The summed E-state index contributed by atoms with van der Waals surface area (Å²) in [6.07, 6.45) is 9.63. The molecule has 6 heteroatoms. The maximum absolute atomic E-state index is 5.53. The van der Waals surface area contributed by atoms with E-state index in [1.165, 1.54) is 43.9 Å². The number of methoxy groups -OCH3 is 1. The van der Waals surface area contributed by atoms with Gasteiger partial charge in [0, 0.05) is 38.6 Å². The second-order valence-corrected chi connectivity index (χ2v) is 12.9. The van der Waals surface area contributed by atoms with Crippen molar-refractivity contribution in [3.05, 3.63) is 42.9 Å². The Bertz CT molecular complexity index is 743. The van der Waals surface area contributed by atoms with Crippen LogP contribution < -0.4 is 14.8 Å². The molecule has 0 aliphatic carbocycles. The molecule has 0 amide bonds. The van der Waals surface area contributed by atoms with E-state index >= 15 is 0 Å². The zero-order valence-corrected chi connectivity index (χ0v) is 18.0. The quantitative estimate of drug-likeness (QED) is 0.702. The van der Waals surface area contributed by atoms with E-state index < -0.39 is 8.07 Å². The van der Waals surface area contributed by atoms with Crippen LogP contribution in [0.4, 0.5) is 5.82 Å². The molecule has 1 aromatic heterocycles. The minimum Gasteiger partial charge on any atom is -0.497 e. The summed E-state index contributed by atoms with van der Waals surface area (Å²) in [4.78, 5) is 13.7. The molecule has 1 aromatic carbocycles. The zero-order chi connectivity index (χ0) is 19.2. The van der Waals surface area contributed by atoms with Gasteiger partial charge in [0.25, 0.3) is 0 Å². The Balaban J connectivity index is 1.39. The summed E-state index contributed by atoms with van der Waals surface area (Å²) < 4.78 is 5.53. The van der Waals surface area contributed by atoms with Crippen molar-refractivity contribution >= 4 is 19.1 Å². The highest BCUT2D eigenvalue weighted by atomic mass is 28.3. The van der Waals surface area contributed by atoms with Crippen LogP contribution in [0.25, 0.3) is 0 Å². The van der Waals surface area contributed by atoms with Gasteiger partial charge in [-0.05, 0) is 24.7 Å². The number of benzene rings is 1. The standard InChI is InChI=1S/C22H32N4OSi/c1-27-20-6-5-7-21(18-20)28(15-3-2-4-16-28)17-14-25-10-12-26(13-11-25)22-19-23-8-9-24-22/h5-9,18-19H,2-4,10-17H2,1H3. The first-order chi connectivity index (χ1) is 13.8. The molecule has 0 atom stereocenters. The Hall–Kier alpha value is -1.92. The van der Waals surface area contributed by atoms with Gasteiger partial charge in [0.2, 0.25) is 0 Å². The third-order valence-corrected chi connectivity index (χ3v) is 12.0. The van der Waals surface area contributed by atoms with Crippen molar-refractivity contribution in [2.24, 2.45) is 0 Å². The van der Waals surface area contributed by atoms with Crippen LogP contribution in [0, 0.1) is 0 Å². The predicted molar refractivity (Wildman–Crippen MR) is 117 cm³/mol. The number of piperazine rings is 1. The number of rotatable bonds is 6. The van der Waals surface area contributed by atoms with E-state index in [4.69, 9.17) is 4.74 Å². The fourth-order valence-electron chi connectivity index (χ4n) is 4.89. The van der Waals surface area contributed by atoms with Gasteiger partial charge in [-0.3, -0.25) is 4.98 Å². The van der Waals surface area contributed by atoms with Gasteiger partial charge in [-0.1, -0.05) is 48.7 Å². The van der Waals surface area contributed by atoms with Gasteiger partial charge in [0.15, 0.2) is 0 Å². The molecule has 3 heterocycles. The van der Waals surface area contributed by atoms with Gasteiger partial charge in [-0.25, -0.2) is 4.98 Å². The average molecular weight is 397 g/mol. The van der Waals surface area contributed by atoms with Crippen LogP contribution in [0.5, 0.6) is 5.75 Å². The molecule has 150 valence electrons. The SMILES string of the molecule is COc1cccc([Si]2(CCN3CCN(c4cnccn4)CC3)CCCCC2)c1. The molecule has 0 radical (unpaired) electrons. The van der Waals surface area contributed by atoms with Crippen LogP contribution in [-0.4, -0.2) is 62.8 Å². The molecule has 0 unspecified atom stereocenters. The maximum Gasteiger partial charge on any atom is 0.147 e. The van der Waals surface area contributed by atoms with Gasteiger partial charge in [-0.2, -0.15) is 0 Å². The average Bonchev–Trinajstić information content (AvgIpc) is 2.79. The first-order valence-corrected chi connectivity index (χ1v) is 13.3. The number of ether oxygens (including phenoxy) is 1. The van der Waals surface area contributed by atoms with Gasteiger partial charge >= 0.3 is 0 Å². The number of hydrogen-bond acceptors (Lipinski definition) is 5. The highest BCUT2D eigenvalue weighted by Gasteiger charge is 2.37. The first kappa shape index (κ1) is 19.4. The van der Waals surface area contributed by atoms with E-state index in [0.717, 1.165) is 37.7 Å². The maximum atomic E-state index is 5.53. The Morgan fingerprint density at radius 2 is 1.86 bits per heavy atom. The summed E-state index contributed by atoms with van der Waals surface area (Å²) in [5.41, 5.74) is 0. The van der Waals surface area contributed by atoms with Crippen molar-refractivity contribution in [1.82, 2.24) is 14.9 Å². The van der Waals surface area contributed by atoms with E-state index in [1.807, 2.05) is 6.20 Å². The highest BCUT2D eigenvalue weighted by Crippen LogP contribution is 2.32. The number of anilines is 1. The summed E-state index contributed by atoms with van der Waals surface area (Å²) in [5.74, 6) is 2.03. The Morgan fingerprint density at radius 3 is 2.57 bits per heavy atom. The molecule has 5 nitrogen and oxygen atoms in total. The summed E-state index contributed by atoms with van der Waals surface area (Å²) >= 11 is 0. The summed E-state index contributed by atoms with van der Waals surface area (Å²) in [6, 6.07) is 13.3. The van der Waals surface area contributed by atoms with Crippen molar-refractivity contribution in [2.45, 2.75) is 37.4 Å². The zero-order valence-electron chi connectivity index (χ0n) is 17.0. The molecule has 2 aromatic rings. The lowest BCUT2D eigenvalue weighted by molar-refractivity contribution is 0.269. The normalized spacial score (nSPS) is 20.1. The minimum absolute atomic E-state index is 1.01. The number of aromatic nitrogens is 2. The fourth-order valence-corrected chi connectivity index (χ4v) is 10.0. The molecule has 2 saturated heterocycles. The summed E-state index contributed by atoms with van der Waals surface area (Å²) in [6.45, 7) is 5.58. The predicted octanol–water partition coefficient (Wildman–Crippen LogP) is 3.15. The first-order valence-electron chi connectivity index (χ1n) is 10.7. The van der Waals surface area contributed by atoms with Crippen molar-refractivity contribution in [3.63, 3.8) is 0 Å². The highest BCUT2D eigenvalue weighted by molar-refractivity contribution is 6.92. The van der Waals surface area contributed by atoms with Crippen LogP contribution in [-0.2, 0) is 0 Å². The second kappa shape index (κ2) is 9.05. The number of hydrogen-bond donors (Lipinski definition) is 0. The minimum atomic E-state index is -1.43. The van der Waals surface area contributed by atoms with E-state index in [1.54, 1.807) is 24.7 Å². The molecule has 0 N–H and O–H groups in total. The number of nitrogens with zero attached hydrogens (tertiary/aromatic N) is 4. The smallest absolute Gasteiger partial charge is 0.147 e. The van der Waals surface area contributed by atoms with E-state index in [-0.39, 0.29) is 0 Å². The van der Waals surface area contributed by atoms with Crippen molar-refractivity contribution in [3.8, 4) is 5.75 Å². The molecule has 2 fully saturated rings. The topological polar surface area (TPSA) is 41.5 Å².